The monoisotopic (exact) mass is 462 g/mol. The minimum atomic E-state index is -0.157. The van der Waals surface area contributed by atoms with E-state index in [9.17, 15) is 9.59 Å². The summed E-state index contributed by atoms with van der Waals surface area (Å²) in [6.07, 6.45) is 4.16. The highest BCUT2D eigenvalue weighted by Gasteiger charge is 2.25. The number of piperidine rings is 1. The summed E-state index contributed by atoms with van der Waals surface area (Å²) in [7, 11) is 1.68. The number of fused-ring (bicyclic) bond motifs is 2. The third kappa shape index (κ3) is 4.06. The summed E-state index contributed by atoms with van der Waals surface area (Å²) in [5, 5.41) is 1.76. The molecule has 0 unspecified atom stereocenters. The summed E-state index contributed by atoms with van der Waals surface area (Å²) in [6.45, 7) is 1.69. The number of aromatic amines is 2. The molecule has 1 aliphatic heterocycles. The predicted molar refractivity (Wildman–Crippen MR) is 131 cm³/mol. The maximum Gasteiger partial charge on any atom is 0.262 e. The van der Waals surface area contributed by atoms with Gasteiger partial charge in [0.1, 0.15) is 5.75 Å². The Morgan fingerprint density at radius 1 is 1.12 bits per heavy atom. The summed E-state index contributed by atoms with van der Waals surface area (Å²) in [6, 6.07) is 13.3. The number of hydrogen-bond donors (Lipinski definition) is 2. The molecule has 0 radical (unpaired) electrons. The molecule has 4 aromatic rings. The van der Waals surface area contributed by atoms with Gasteiger partial charge in [-0.05, 0) is 66.9 Å². The summed E-state index contributed by atoms with van der Waals surface area (Å²) >= 11 is 5.36. The maximum absolute atomic E-state index is 12.9. The van der Waals surface area contributed by atoms with Crippen molar-refractivity contribution in [3.05, 3.63) is 69.3 Å². The number of H-pyrrole nitrogens is 2. The van der Waals surface area contributed by atoms with Gasteiger partial charge in [0.2, 0.25) is 5.91 Å². The van der Waals surface area contributed by atoms with Gasteiger partial charge in [0.15, 0.2) is 4.77 Å². The Labute approximate surface area is 196 Å². The van der Waals surface area contributed by atoms with Crippen molar-refractivity contribution in [1.29, 1.82) is 0 Å². The van der Waals surface area contributed by atoms with E-state index in [1.807, 2.05) is 35.2 Å². The lowest BCUT2D eigenvalue weighted by atomic mass is 9.89. The Balaban J connectivity index is 1.24. The largest absolute Gasteiger partial charge is 0.497 e. The van der Waals surface area contributed by atoms with Crippen LogP contribution >= 0.6 is 12.2 Å². The van der Waals surface area contributed by atoms with E-state index in [0.29, 0.717) is 34.7 Å². The molecule has 1 aliphatic rings. The first-order chi connectivity index (χ1) is 16.0. The Hall–Kier alpha value is -3.39. The smallest absolute Gasteiger partial charge is 0.262 e. The Morgan fingerprint density at radius 3 is 2.70 bits per heavy atom. The molecule has 0 aliphatic carbocycles. The van der Waals surface area contributed by atoms with E-state index in [1.54, 1.807) is 13.2 Å². The Kier molecular flexibility index (Phi) is 5.76. The number of methoxy groups -OCH3 is 1. The molecule has 170 valence electrons. The van der Waals surface area contributed by atoms with Crippen LogP contribution in [0, 0.1) is 4.77 Å². The second-order valence-corrected chi connectivity index (χ2v) is 8.88. The van der Waals surface area contributed by atoms with Crippen molar-refractivity contribution in [3.8, 4) is 5.75 Å². The van der Waals surface area contributed by atoms with E-state index in [0.717, 1.165) is 24.1 Å². The topological polar surface area (TPSA) is 83.1 Å². The first kappa shape index (κ1) is 21.5. The Morgan fingerprint density at radius 2 is 1.91 bits per heavy atom. The van der Waals surface area contributed by atoms with Crippen LogP contribution in [0.1, 0.15) is 30.7 Å². The van der Waals surface area contributed by atoms with Gasteiger partial charge in [-0.25, -0.2) is 0 Å². The van der Waals surface area contributed by atoms with Crippen molar-refractivity contribution in [2.24, 2.45) is 0 Å². The lowest BCUT2D eigenvalue weighted by molar-refractivity contribution is -0.132. The molecule has 1 amide bonds. The lowest BCUT2D eigenvalue weighted by Gasteiger charge is -2.32. The van der Waals surface area contributed by atoms with Crippen LogP contribution in [0.5, 0.6) is 5.75 Å². The average Bonchev–Trinajstić information content (AvgIpc) is 3.27. The first-order valence-corrected chi connectivity index (χ1v) is 11.6. The van der Waals surface area contributed by atoms with Gasteiger partial charge in [0.05, 0.1) is 18.0 Å². The van der Waals surface area contributed by atoms with Crippen LogP contribution in [0.25, 0.3) is 21.8 Å². The molecular weight excluding hydrogens is 436 g/mol. The van der Waals surface area contributed by atoms with Gasteiger partial charge in [0.25, 0.3) is 5.56 Å². The van der Waals surface area contributed by atoms with E-state index in [4.69, 9.17) is 17.0 Å². The van der Waals surface area contributed by atoms with Crippen LogP contribution in [0.3, 0.4) is 0 Å². The molecule has 1 fully saturated rings. The summed E-state index contributed by atoms with van der Waals surface area (Å²) < 4.78 is 7.22. The van der Waals surface area contributed by atoms with E-state index >= 15 is 0 Å². The number of carbonyl (C=O) groups excluding carboxylic acids is 1. The third-order valence-electron chi connectivity index (χ3n) is 6.65. The van der Waals surface area contributed by atoms with Gasteiger partial charge in [0, 0.05) is 43.2 Å². The molecular formula is C25H26N4O3S. The predicted octanol–water partition coefficient (Wildman–Crippen LogP) is 4.35. The number of carbonyl (C=O) groups is 1. The van der Waals surface area contributed by atoms with Crippen molar-refractivity contribution in [1.82, 2.24) is 19.4 Å². The molecule has 1 saturated heterocycles. The van der Waals surface area contributed by atoms with Crippen molar-refractivity contribution in [2.45, 2.75) is 31.7 Å². The van der Waals surface area contributed by atoms with Crippen LogP contribution in [-0.4, -0.2) is 45.5 Å². The average molecular weight is 463 g/mol. The zero-order valence-electron chi connectivity index (χ0n) is 18.5. The Bertz CT molecular complexity index is 1440. The second-order valence-electron chi connectivity index (χ2n) is 8.49. The highest BCUT2D eigenvalue weighted by molar-refractivity contribution is 7.71. The molecule has 2 aromatic carbocycles. The number of benzene rings is 2. The fraction of sp³-hybridized carbons (Fsp3) is 0.320. The number of amides is 1. The van der Waals surface area contributed by atoms with Crippen molar-refractivity contribution >= 4 is 39.9 Å². The number of likely N-dealkylation sites (tertiary alicyclic amines) is 1. The molecule has 0 bridgehead atoms. The van der Waals surface area contributed by atoms with Crippen molar-refractivity contribution in [3.63, 3.8) is 0 Å². The van der Waals surface area contributed by atoms with Crippen LogP contribution < -0.4 is 10.3 Å². The zero-order valence-corrected chi connectivity index (χ0v) is 19.3. The van der Waals surface area contributed by atoms with Crippen molar-refractivity contribution < 1.29 is 9.53 Å². The summed E-state index contributed by atoms with van der Waals surface area (Å²) in [5.74, 6) is 1.30. The maximum atomic E-state index is 12.9. The van der Waals surface area contributed by atoms with Gasteiger partial charge in [-0.1, -0.05) is 12.1 Å². The minimum absolute atomic E-state index is 0.0588. The number of nitrogens with zero attached hydrogens (tertiary/aromatic N) is 2. The quantitative estimate of drug-likeness (QED) is 0.432. The van der Waals surface area contributed by atoms with E-state index < -0.39 is 0 Å². The third-order valence-corrected chi connectivity index (χ3v) is 6.97. The molecule has 7 nitrogen and oxygen atoms in total. The van der Waals surface area contributed by atoms with E-state index in [1.165, 1.54) is 15.5 Å². The first-order valence-electron chi connectivity index (χ1n) is 11.2. The number of para-hydroxylation sites is 1. The van der Waals surface area contributed by atoms with Gasteiger partial charge >= 0.3 is 0 Å². The van der Waals surface area contributed by atoms with Crippen LogP contribution in [0.15, 0.2) is 53.5 Å². The van der Waals surface area contributed by atoms with E-state index in [-0.39, 0.29) is 24.4 Å². The van der Waals surface area contributed by atoms with Crippen LogP contribution in [0.4, 0.5) is 0 Å². The molecule has 2 aromatic heterocycles. The van der Waals surface area contributed by atoms with Gasteiger partial charge in [-0.2, -0.15) is 0 Å². The molecule has 33 heavy (non-hydrogen) atoms. The number of ether oxygens (including phenoxy) is 1. The fourth-order valence-electron chi connectivity index (χ4n) is 4.79. The molecule has 0 atom stereocenters. The normalized spacial score (nSPS) is 14.8. The molecule has 0 spiro atoms. The molecule has 8 heteroatoms. The van der Waals surface area contributed by atoms with Crippen LogP contribution in [0.2, 0.25) is 0 Å². The van der Waals surface area contributed by atoms with E-state index in [2.05, 4.69) is 22.2 Å². The van der Waals surface area contributed by atoms with Crippen molar-refractivity contribution in [2.75, 3.05) is 20.2 Å². The SMILES string of the molecule is COc1ccc2[nH]cc(C3CCN(C(=O)CCn4c(=S)[nH]c5ccccc5c4=O)CC3)c2c1. The number of nitrogens with one attached hydrogen (secondary N) is 2. The zero-order chi connectivity index (χ0) is 22.9. The number of hydrogen-bond acceptors (Lipinski definition) is 4. The molecule has 2 N–H and O–H groups in total. The second kappa shape index (κ2) is 8.86. The van der Waals surface area contributed by atoms with Crippen LogP contribution in [-0.2, 0) is 11.3 Å². The number of rotatable bonds is 5. The molecule has 3 heterocycles. The highest BCUT2D eigenvalue weighted by atomic mass is 32.1. The van der Waals surface area contributed by atoms with Gasteiger partial charge in [-0.3, -0.25) is 14.2 Å². The standard InChI is InChI=1S/C25H26N4O3S/c1-32-17-6-7-21-19(14-17)20(15-26-21)16-8-11-28(12-9-16)23(30)10-13-29-24(31)18-4-2-3-5-22(18)27-25(29)33/h2-7,14-16,26H,8-13H2,1H3,(H,27,33). The highest BCUT2D eigenvalue weighted by Crippen LogP contribution is 2.34. The lowest BCUT2D eigenvalue weighted by Crippen LogP contribution is -2.38. The number of aromatic nitrogens is 3. The summed E-state index contributed by atoms with van der Waals surface area (Å²) in [4.78, 5) is 34.0. The van der Waals surface area contributed by atoms with Gasteiger partial charge in [-0.15, -0.1) is 0 Å². The van der Waals surface area contributed by atoms with Gasteiger partial charge < -0.3 is 19.6 Å². The minimum Gasteiger partial charge on any atom is -0.497 e. The summed E-state index contributed by atoms with van der Waals surface area (Å²) in [5.41, 5.74) is 2.94. The molecule has 0 saturated carbocycles. The fourth-order valence-corrected chi connectivity index (χ4v) is 5.08. The molecule has 5 rings (SSSR count).